The first-order valence-electron chi connectivity index (χ1n) is 5.25. The van der Waals surface area contributed by atoms with Crippen molar-refractivity contribution in [1.82, 2.24) is 5.32 Å². The van der Waals surface area contributed by atoms with Gasteiger partial charge < -0.3 is 14.8 Å². The molecule has 1 aliphatic rings. The van der Waals surface area contributed by atoms with Crippen LogP contribution in [0.15, 0.2) is 0 Å². The SMILES string of the molecule is CCCCC(NC)C1COCCO1. The van der Waals surface area contributed by atoms with Crippen molar-refractivity contribution in [3.8, 4) is 0 Å². The molecule has 1 saturated heterocycles. The molecule has 0 aromatic rings. The minimum absolute atomic E-state index is 0.255. The van der Waals surface area contributed by atoms with Crippen molar-refractivity contribution in [2.24, 2.45) is 0 Å². The third-order valence-electron chi connectivity index (χ3n) is 2.53. The summed E-state index contributed by atoms with van der Waals surface area (Å²) in [6.07, 6.45) is 3.93. The Morgan fingerprint density at radius 2 is 2.31 bits per heavy atom. The number of hydrogen-bond acceptors (Lipinski definition) is 3. The van der Waals surface area contributed by atoms with Crippen LogP contribution in [-0.4, -0.2) is 39.0 Å². The largest absolute Gasteiger partial charge is 0.376 e. The van der Waals surface area contributed by atoms with E-state index in [0.29, 0.717) is 6.04 Å². The molecule has 3 heteroatoms. The van der Waals surface area contributed by atoms with Gasteiger partial charge in [0.25, 0.3) is 0 Å². The molecule has 0 aromatic heterocycles. The van der Waals surface area contributed by atoms with Crippen molar-refractivity contribution in [2.45, 2.75) is 38.3 Å². The quantitative estimate of drug-likeness (QED) is 0.701. The number of rotatable bonds is 5. The fourth-order valence-electron chi connectivity index (χ4n) is 1.68. The number of hydrogen-bond donors (Lipinski definition) is 1. The molecule has 0 radical (unpaired) electrons. The number of likely N-dealkylation sites (N-methyl/N-ethyl adjacent to an activating group) is 1. The molecule has 0 aliphatic carbocycles. The molecule has 0 bridgehead atoms. The molecule has 1 heterocycles. The van der Waals surface area contributed by atoms with Crippen LogP contribution in [0, 0.1) is 0 Å². The zero-order chi connectivity index (χ0) is 9.52. The van der Waals surface area contributed by atoms with Gasteiger partial charge in [-0.25, -0.2) is 0 Å². The third-order valence-corrected chi connectivity index (χ3v) is 2.53. The summed E-state index contributed by atoms with van der Waals surface area (Å²) in [5.74, 6) is 0. The van der Waals surface area contributed by atoms with E-state index in [1.54, 1.807) is 0 Å². The fourth-order valence-corrected chi connectivity index (χ4v) is 1.68. The van der Waals surface area contributed by atoms with Gasteiger partial charge in [-0.1, -0.05) is 19.8 Å². The number of ether oxygens (including phenoxy) is 2. The summed E-state index contributed by atoms with van der Waals surface area (Å²) in [6, 6.07) is 0.459. The predicted molar refractivity (Wildman–Crippen MR) is 52.9 cm³/mol. The monoisotopic (exact) mass is 187 g/mol. The Labute approximate surface area is 80.8 Å². The van der Waals surface area contributed by atoms with E-state index in [1.165, 1.54) is 19.3 Å². The summed E-state index contributed by atoms with van der Waals surface area (Å²) >= 11 is 0. The summed E-state index contributed by atoms with van der Waals surface area (Å²) in [5, 5.41) is 3.30. The summed E-state index contributed by atoms with van der Waals surface area (Å²) in [5.41, 5.74) is 0. The average Bonchev–Trinajstić information content (AvgIpc) is 2.21. The van der Waals surface area contributed by atoms with Crippen LogP contribution in [0.4, 0.5) is 0 Å². The molecular weight excluding hydrogens is 166 g/mol. The molecule has 3 nitrogen and oxygen atoms in total. The van der Waals surface area contributed by atoms with Crippen LogP contribution in [0.3, 0.4) is 0 Å². The van der Waals surface area contributed by atoms with E-state index in [4.69, 9.17) is 9.47 Å². The van der Waals surface area contributed by atoms with Gasteiger partial charge in [-0.15, -0.1) is 0 Å². The highest BCUT2D eigenvalue weighted by Crippen LogP contribution is 2.11. The highest BCUT2D eigenvalue weighted by atomic mass is 16.6. The standard InChI is InChI=1S/C10H21NO2/c1-3-4-5-9(11-2)10-8-12-6-7-13-10/h9-11H,3-8H2,1-2H3. The van der Waals surface area contributed by atoms with Crippen molar-refractivity contribution in [3.63, 3.8) is 0 Å². The van der Waals surface area contributed by atoms with Gasteiger partial charge in [0.15, 0.2) is 0 Å². The van der Waals surface area contributed by atoms with E-state index in [2.05, 4.69) is 12.2 Å². The van der Waals surface area contributed by atoms with E-state index in [-0.39, 0.29) is 6.10 Å². The second-order valence-corrected chi connectivity index (χ2v) is 3.52. The van der Waals surface area contributed by atoms with Crippen LogP contribution >= 0.6 is 0 Å². The zero-order valence-electron chi connectivity index (χ0n) is 8.71. The maximum atomic E-state index is 5.64. The first-order valence-corrected chi connectivity index (χ1v) is 5.25. The van der Waals surface area contributed by atoms with Crippen LogP contribution in [-0.2, 0) is 9.47 Å². The van der Waals surface area contributed by atoms with E-state index >= 15 is 0 Å². The predicted octanol–water partition coefficient (Wildman–Crippen LogP) is 1.18. The van der Waals surface area contributed by atoms with Gasteiger partial charge >= 0.3 is 0 Å². The normalized spacial score (nSPS) is 25.8. The first-order chi connectivity index (χ1) is 6.38. The number of nitrogens with one attached hydrogen (secondary N) is 1. The van der Waals surface area contributed by atoms with Crippen molar-refractivity contribution in [2.75, 3.05) is 26.9 Å². The summed E-state index contributed by atoms with van der Waals surface area (Å²) in [6.45, 7) is 4.45. The lowest BCUT2D eigenvalue weighted by Gasteiger charge is -2.30. The van der Waals surface area contributed by atoms with Crippen molar-refractivity contribution in [3.05, 3.63) is 0 Å². The van der Waals surface area contributed by atoms with Gasteiger partial charge in [0.1, 0.15) is 0 Å². The van der Waals surface area contributed by atoms with Crippen molar-refractivity contribution >= 4 is 0 Å². The van der Waals surface area contributed by atoms with Gasteiger partial charge in [-0.05, 0) is 13.5 Å². The topological polar surface area (TPSA) is 30.5 Å². The van der Waals surface area contributed by atoms with E-state index in [0.717, 1.165) is 19.8 Å². The van der Waals surface area contributed by atoms with Gasteiger partial charge in [0.05, 0.1) is 25.9 Å². The summed E-state index contributed by atoms with van der Waals surface area (Å²) in [4.78, 5) is 0. The van der Waals surface area contributed by atoms with Crippen LogP contribution in [0.2, 0.25) is 0 Å². The minimum atomic E-state index is 0.255. The Hall–Kier alpha value is -0.120. The Morgan fingerprint density at radius 3 is 2.85 bits per heavy atom. The Bertz CT molecular complexity index is 124. The zero-order valence-corrected chi connectivity index (χ0v) is 8.71. The van der Waals surface area contributed by atoms with Crippen LogP contribution in [0.1, 0.15) is 26.2 Å². The van der Waals surface area contributed by atoms with Crippen LogP contribution < -0.4 is 5.32 Å². The lowest BCUT2D eigenvalue weighted by atomic mass is 10.0. The molecule has 2 atom stereocenters. The van der Waals surface area contributed by atoms with E-state index < -0.39 is 0 Å². The molecule has 0 saturated carbocycles. The molecule has 78 valence electrons. The smallest absolute Gasteiger partial charge is 0.0961 e. The van der Waals surface area contributed by atoms with Gasteiger partial charge in [-0.3, -0.25) is 0 Å². The summed E-state index contributed by atoms with van der Waals surface area (Å²) in [7, 11) is 2.00. The second-order valence-electron chi connectivity index (χ2n) is 3.52. The van der Waals surface area contributed by atoms with Gasteiger partial charge in [-0.2, -0.15) is 0 Å². The minimum Gasteiger partial charge on any atom is -0.376 e. The molecule has 1 rings (SSSR count). The molecular formula is C10H21NO2. The molecule has 13 heavy (non-hydrogen) atoms. The maximum Gasteiger partial charge on any atom is 0.0961 e. The first kappa shape index (κ1) is 11.0. The van der Waals surface area contributed by atoms with E-state index in [9.17, 15) is 0 Å². The highest BCUT2D eigenvalue weighted by molar-refractivity contribution is 4.77. The van der Waals surface area contributed by atoms with Crippen LogP contribution in [0.5, 0.6) is 0 Å². The maximum absolute atomic E-state index is 5.64. The van der Waals surface area contributed by atoms with Crippen LogP contribution in [0.25, 0.3) is 0 Å². The molecule has 1 N–H and O–H groups in total. The molecule has 1 aliphatic heterocycles. The molecule has 2 unspecified atom stereocenters. The summed E-state index contributed by atoms with van der Waals surface area (Å²) < 4.78 is 11.0. The fraction of sp³-hybridized carbons (Fsp3) is 1.00. The van der Waals surface area contributed by atoms with Crippen molar-refractivity contribution < 1.29 is 9.47 Å². The number of unbranched alkanes of at least 4 members (excludes halogenated alkanes) is 1. The van der Waals surface area contributed by atoms with Gasteiger partial charge in [0.2, 0.25) is 0 Å². The van der Waals surface area contributed by atoms with Crippen molar-refractivity contribution in [1.29, 1.82) is 0 Å². The Kier molecular flexibility index (Phi) is 5.35. The molecule has 1 fully saturated rings. The molecule has 0 spiro atoms. The second kappa shape index (κ2) is 6.35. The van der Waals surface area contributed by atoms with Gasteiger partial charge in [0, 0.05) is 6.04 Å². The lowest BCUT2D eigenvalue weighted by Crippen LogP contribution is -2.45. The third kappa shape index (κ3) is 3.63. The highest BCUT2D eigenvalue weighted by Gasteiger charge is 2.22. The molecule has 0 aromatic carbocycles. The molecule has 0 amide bonds. The Morgan fingerprint density at radius 1 is 1.46 bits per heavy atom. The average molecular weight is 187 g/mol. The van der Waals surface area contributed by atoms with E-state index in [1.807, 2.05) is 7.05 Å². The Balaban J connectivity index is 2.26. The lowest BCUT2D eigenvalue weighted by molar-refractivity contribution is -0.102.